The fourth-order valence-electron chi connectivity index (χ4n) is 4.01. The number of benzene rings is 1. The van der Waals surface area contributed by atoms with Gasteiger partial charge in [0.2, 0.25) is 6.23 Å². The van der Waals surface area contributed by atoms with Crippen molar-refractivity contribution in [3.05, 3.63) is 46.5 Å². The molecule has 194 valence electrons. The highest BCUT2D eigenvalue weighted by Crippen LogP contribution is 2.60. The number of nitrogens with zero attached hydrogens (tertiary/aromatic N) is 2. The van der Waals surface area contributed by atoms with Crippen molar-refractivity contribution in [1.29, 1.82) is 0 Å². The molecule has 0 spiro atoms. The normalized spacial score (nSPS) is 28.8. The standard InChI is InChI=1S/C21H23F2N4O7PS/c1-11(2)33-35(30)31-10-14-17(34-35)21(22,23)19(32-14)27-7-5-16(26-20(27)29)25-18(28)12-3-4-15-13(9-12)24-6-8-36-15/h3-5,7,9,11,14,17,19,24H,6,8,10H2,1-2H3,(H,25,26,28,29)/t14-,17-,19?,35?/m1/s1. The van der Waals surface area contributed by atoms with Crippen LogP contribution in [0.15, 0.2) is 40.2 Å². The van der Waals surface area contributed by atoms with E-state index in [-0.39, 0.29) is 5.82 Å². The molecule has 1 aromatic carbocycles. The molecule has 15 heteroatoms. The van der Waals surface area contributed by atoms with E-state index in [1.807, 2.05) is 6.07 Å². The zero-order chi connectivity index (χ0) is 25.7. The van der Waals surface area contributed by atoms with Crippen LogP contribution in [0.1, 0.15) is 30.4 Å². The molecule has 3 aliphatic rings. The molecule has 0 saturated carbocycles. The summed E-state index contributed by atoms with van der Waals surface area (Å²) < 4.78 is 64.0. The first-order valence-corrected chi connectivity index (χ1v) is 13.6. The third-order valence-electron chi connectivity index (χ3n) is 5.57. The van der Waals surface area contributed by atoms with Crippen molar-refractivity contribution in [1.82, 2.24) is 9.55 Å². The number of fused-ring (bicyclic) bond motifs is 2. The Balaban J connectivity index is 1.32. The first-order chi connectivity index (χ1) is 17.1. The lowest BCUT2D eigenvalue weighted by molar-refractivity contribution is -0.139. The molecule has 1 aromatic heterocycles. The maximum atomic E-state index is 15.2. The molecular formula is C21H23F2N4O7PS. The Morgan fingerprint density at radius 2 is 2.19 bits per heavy atom. The van der Waals surface area contributed by atoms with E-state index in [4.69, 9.17) is 18.3 Å². The minimum Gasteiger partial charge on any atom is -0.383 e. The predicted molar refractivity (Wildman–Crippen MR) is 126 cm³/mol. The van der Waals surface area contributed by atoms with Crippen molar-refractivity contribution in [3.63, 3.8) is 0 Å². The summed E-state index contributed by atoms with van der Waals surface area (Å²) in [6.07, 6.45) is -4.88. The van der Waals surface area contributed by atoms with E-state index in [2.05, 4.69) is 15.6 Å². The van der Waals surface area contributed by atoms with Crippen LogP contribution in [0.2, 0.25) is 0 Å². The van der Waals surface area contributed by atoms with Gasteiger partial charge < -0.3 is 15.4 Å². The molecule has 0 bridgehead atoms. The highest BCUT2D eigenvalue weighted by atomic mass is 32.2. The molecule has 2 saturated heterocycles. The summed E-state index contributed by atoms with van der Waals surface area (Å²) in [7, 11) is -4.23. The number of thioether (sulfide) groups is 1. The zero-order valence-corrected chi connectivity index (χ0v) is 20.9. The van der Waals surface area contributed by atoms with E-state index in [1.54, 1.807) is 37.7 Å². The number of ether oxygens (including phenoxy) is 1. The molecule has 4 atom stereocenters. The maximum Gasteiger partial charge on any atom is 0.475 e. The second kappa shape index (κ2) is 9.51. The van der Waals surface area contributed by atoms with Crippen LogP contribution in [0.3, 0.4) is 0 Å². The molecule has 36 heavy (non-hydrogen) atoms. The van der Waals surface area contributed by atoms with Crippen molar-refractivity contribution >= 4 is 37.0 Å². The minimum atomic E-state index is -4.23. The van der Waals surface area contributed by atoms with Gasteiger partial charge >= 0.3 is 19.4 Å². The summed E-state index contributed by atoms with van der Waals surface area (Å²) >= 11 is 1.67. The molecular weight excluding hydrogens is 521 g/mol. The molecule has 2 aromatic rings. The molecule has 3 aliphatic heterocycles. The second-order valence-electron chi connectivity index (χ2n) is 8.57. The van der Waals surface area contributed by atoms with Crippen LogP contribution in [0.25, 0.3) is 0 Å². The van der Waals surface area contributed by atoms with E-state index >= 15 is 8.78 Å². The fourth-order valence-corrected chi connectivity index (χ4v) is 6.46. The van der Waals surface area contributed by atoms with Crippen molar-refractivity contribution < 1.29 is 36.4 Å². The first-order valence-electron chi connectivity index (χ1n) is 11.1. The molecule has 4 heterocycles. The summed E-state index contributed by atoms with van der Waals surface area (Å²) in [6, 6.07) is 6.37. The van der Waals surface area contributed by atoms with Gasteiger partial charge in [-0.3, -0.25) is 22.9 Å². The van der Waals surface area contributed by atoms with Crippen molar-refractivity contribution in [3.8, 4) is 0 Å². The molecule has 1 amide bonds. The van der Waals surface area contributed by atoms with E-state index in [9.17, 15) is 14.2 Å². The molecule has 0 radical (unpaired) electrons. The summed E-state index contributed by atoms with van der Waals surface area (Å²) in [6.45, 7) is 3.41. The average molecular weight is 544 g/mol. The molecule has 11 nitrogen and oxygen atoms in total. The Bertz CT molecular complexity index is 1290. The fraction of sp³-hybridized carbons (Fsp3) is 0.476. The number of carbonyl (C=O) groups excluding carboxylic acids is 1. The van der Waals surface area contributed by atoms with Gasteiger partial charge in [-0.25, -0.2) is 9.36 Å². The van der Waals surface area contributed by atoms with Gasteiger partial charge in [-0.15, -0.1) is 11.8 Å². The lowest BCUT2D eigenvalue weighted by Gasteiger charge is -2.32. The third-order valence-corrected chi connectivity index (χ3v) is 8.28. The largest absolute Gasteiger partial charge is 0.475 e. The van der Waals surface area contributed by atoms with Crippen LogP contribution in [0.5, 0.6) is 0 Å². The number of halogens is 2. The molecule has 0 aliphatic carbocycles. The number of carbonyl (C=O) groups is 1. The number of anilines is 2. The number of hydrogen-bond acceptors (Lipinski definition) is 10. The summed E-state index contributed by atoms with van der Waals surface area (Å²) in [5.74, 6) is -3.46. The van der Waals surface area contributed by atoms with Crippen molar-refractivity contribution in [2.75, 3.05) is 29.5 Å². The van der Waals surface area contributed by atoms with Crippen LogP contribution in [-0.4, -0.2) is 58.6 Å². The Hall–Kier alpha value is -2.35. The molecule has 2 fully saturated rings. The van der Waals surface area contributed by atoms with Gasteiger partial charge in [0.15, 0.2) is 6.10 Å². The molecule has 2 N–H and O–H groups in total. The predicted octanol–water partition coefficient (Wildman–Crippen LogP) is 3.49. The number of aromatic nitrogens is 2. The Morgan fingerprint density at radius 1 is 1.39 bits per heavy atom. The third kappa shape index (κ3) is 4.81. The van der Waals surface area contributed by atoms with Crippen LogP contribution in [-0.2, 0) is 22.9 Å². The van der Waals surface area contributed by atoms with Gasteiger partial charge in [-0.1, -0.05) is 0 Å². The van der Waals surface area contributed by atoms with Gasteiger partial charge in [-0.05, 0) is 38.1 Å². The number of hydrogen-bond donors (Lipinski definition) is 2. The van der Waals surface area contributed by atoms with Crippen LogP contribution in [0, 0.1) is 0 Å². The Labute approximate surface area is 208 Å². The number of alkyl halides is 2. The van der Waals surface area contributed by atoms with E-state index in [1.165, 1.54) is 6.07 Å². The van der Waals surface area contributed by atoms with E-state index in [0.29, 0.717) is 10.1 Å². The van der Waals surface area contributed by atoms with Gasteiger partial charge in [0.25, 0.3) is 5.91 Å². The number of amides is 1. The smallest absolute Gasteiger partial charge is 0.383 e. The van der Waals surface area contributed by atoms with Gasteiger partial charge in [0.05, 0.1) is 12.7 Å². The maximum absolute atomic E-state index is 15.2. The van der Waals surface area contributed by atoms with Crippen molar-refractivity contribution in [2.24, 2.45) is 0 Å². The summed E-state index contributed by atoms with van der Waals surface area (Å²) in [4.78, 5) is 30.0. The van der Waals surface area contributed by atoms with Gasteiger partial charge in [-0.2, -0.15) is 13.8 Å². The van der Waals surface area contributed by atoms with E-state index in [0.717, 1.165) is 29.1 Å². The van der Waals surface area contributed by atoms with Crippen LogP contribution < -0.4 is 16.3 Å². The van der Waals surface area contributed by atoms with Crippen molar-refractivity contribution in [2.45, 2.75) is 49.2 Å². The summed E-state index contributed by atoms with van der Waals surface area (Å²) in [5.41, 5.74) is 0.0933. The zero-order valence-electron chi connectivity index (χ0n) is 19.2. The number of phosphoric acid groups is 1. The SMILES string of the molecule is CC(C)OP1(=O)OC[C@H]2OC(n3ccc(NC(=O)c4ccc5c(c4)NCCS5)nc3=O)C(F)(F)[C@@H]2O1. The topological polar surface area (TPSA) is 130 Å². The lowest BCUT2D eigenvalue weighted by Crippen LogP contribution is -2.45. The Morgan fingerprint density at radius 3 is 2.94 bits per heavy atom. The second-order valence-corrected chi connectivity index (χ2v) is 11.3. The molecule has 5 rings (SSSR count). The monoisotopic (exact) mass is 544 g/mol. The summed E-state index contributed by atoms with van der Waals surface area (Å²) in [5, 5.41) is 5.71. The average Bonchev–Trinajstić information content (AvgIpc) is 3.07. The quantitative estimate of drug-likeness (QED) is 0.540. The van der Waals surface area contributed by atoms with Crippen LogP contribution >= 0.6 is 19.6 Å². The highest BCUT2D eigenvalue weighted by Gasteiger charge is 2.65. The minimum absolute atomic E-state index is 0.116. The number of nitrogens with one attached hydrogen (secondary N) is 2. The Kier molecular flexibility index (Phi) is 6.68. The van der Waals surface area contributed by atoms with Gasteiger partial charge in [0.1, 0.15) is 11.9 Å². The van der Waals surface area contributed by atoms with Gasteiger partial charge in [0, 0.05) is 34.6 Å². The van der Waals surface area contributed by atoms with Crippen LogP contribution in [0.4, 0.5) is 20.3 Å². The molecule has 2 unspecified atom stereocenters. The highest BCUT2D eigenvalue weighted by molar-refractivity contribution is 7.99. The first kappa shape index (κ1) is 25.3. The lowest BCUT2D eigenvalue weighted by atomic mass is 10.1. The number of phosphoric ester groups is 1. The van der Waals surface area contributed by atoms with E-state index < -0.39 is 56.5 Å². The number of rotatable bonds is 5.